The molecule has 0 heterocycles. The van der Waals surface area contributed by atoms with Gasteiger partial charge in [0, 0.05) is 5.54 Å². The van der Waals surface area contributed by atoms with Crippen LogP contribution in [0, 0.1) is 0 Å². The molecule has 66 valence electrons. The van der Waals surface area contributed by atoms with Gasteiger partial charge in [0.05, 0.1) is 0 Å². The topological polar surface area (TPSA) is 26.0 Å². The van der Waals surface area contributed by atoms with Crippen LogP contribution in [-0.4, -0.2) is 5.54 Å². The zero-order chi connectivity index (χ0) is 8.74. The summed E-state index contributed by atoms with van der Waals surface area (Å²) in [6.45, 7) is 6.40. The van der Waals surface area contributed by atoms with Gasteiger partial charge in [-0.1, -0.05) is 38.8 Å². The van der Waals surface area contributed by atoms with Gasteiger partial charge in [-0.15, -0.1) is 0 Å². The van der Waals surface area contributed by atoms with Gasteiger partial charge in [0.25, 0.3) is 0 Å². The highest BCUT2D eigenvalue weighted by molar-refractivity contribution is 5.02. The minimum atomic E-state index is -0.0295. The lowest BCUT2D eigenvalue weighted by atomic mass is 9.89. The van der Waals surface area contributed by atoms with Gasteiger partial charge in [-0.2, -0.15) is 0 Å². The van der Waals surface area contributed by atoms with E-state index in [4.69, 9.17) is 5.73 Å². The average Bonchev–Trinajstić information content (AvgIpc) is 1.88. The van der Waals surface area contributed by atoms with Gasteiger partial charge in [0.2, 0.25) is 0 Å². The Balaban J connectivity index is 4.01. The van der Waals surface area contributed by atoms with E-state index in [9.17, 15) is 0 Å². The zero-order valence-electron chi connectivity index (χ0n) is 8.06. The van der Waals surface area contributed by atoms with E-state index in [1.807, 2.05) is 6.92 Å². The van der Waals surface area contributed by atoms with E-state index in [-0.39, 0.29) is 5.54 Å². The van der Waals surface area contributed by atoms with Crippen molar-refractivity contribution in [1.29, 1.82) is 0 Å². The first kappa shape index (κ1) is 10.7. The Hall–Kier alpha value is -0.300. The summed E-state index contributed by atoms with van der Waals surface area (Å²) in [5, 5.41) is 0. The summed E-state index contributed by atoms with van der Waals surface area (Å²) in [7, 11) is 0. The molecule has 0 radical (unpaired) electrons. The third kappa shape index (κ3) is 4.20. The van der Waals surface area contributed by atoms with Crippen LogP contribution in [0.2, 0.25) is 0 Å². The van der Waals surface area contributed by atoms with Crippen LogP contribution >= 0.6 is 0 Å². The number of allylic oxidation sites excluding steroid dienone is 1. The van der Waals surface area contributed by atoms with Crippen LogP contribution in [0.4, 0.5) is 0 Å². The lowest BCUT2D eigenvalue weighted by Gasteiger charge is -2.24. The molecule has 0 rings (SSSR count). The highest BCUT2D eigenvalue weighted by Gasteiger charge is 2.17. The normalized spacial score (nSPS) is 12.7. The maximum atomic E-state index is 6.14. The third-order valence-electron chi connectivity index (χ3n) is 1.93. The molecule has 0 spiro atoms. The average molecular weight is 155 g/mol. The molecule has 0 aliphatic rings. The number of nitrogens with two attached hydrogens (primary N) is 1. The predicted molar refractivity (Wildman–Crippen MR) is 51.5 cm³/mol. The second-order valence-electron chi connectivity index (χ2n) is 3.23. The zero-order valence-corrected chi connectivity index (χ0v) is 8.06. The van der Waals surface area contributed by atoms with Gasteiger partial charge in [-0.05, 0) is 19.8 Å². The standard InChI is InChI=1S/C10H21N/c1-4-7-10(11,8-5-2)9-6-3/h4,7H,5-6,8-9,11H2,1-3H3. The molecular formula is C10H21N. The maximum absolute atomic E-state index is 6.14. The van der Waals surface area contributed by atoms with Crippen molar-refractivity contribution in [3.05, 3.63) is 12.2 Å². The second-order valence-corrected chi connectivity index (χ2v) is 3.23. The van der Waals surface area contributed by atoms with Crippen molar-refractivity contribution >= 4 is 0 Å². The summed E-state index contributed by atoms with van der Waals surface area (Å²) in [5.74, 6) is 0. The minimum absolute atomic E-state index is 0.0295. The molecule has 0 fully saturated rings. The van der Waals surface area contributed by atoms with Gasteiger partial charge in [-0.25, -0.2) is 0 Å². The Morgan fingerprint density at radius 2 is 1.64 bits per heavy atom. The summed E-state index contributed by atoms with van der Waals surface area (Å²) in [6, 6.07) is 0. The summed E-state index contributed by atoms with van der Waals surface area (Å²) in [5.41, 5.74) is 6.11. The number of hydrogen-bond acceptors (Lipinski definition) is 1. The molecule has 2 N–H and O–H groups in total. The van der Waals surface area contributed by atoms with Crippen molar-refractivity contribution in [3.8, 4) is 0 Å². The predicted octanol–water partition coefficient (Wildman–Crippen LogP) is 2.86. The van der Waals surface area contributed by atoms with Crippen LogP contribution in [0.5, 0.6) is 0 Å². The fourth-order valence-corrected chi connectivity index (χ4v) is 1.55. The molecular weight excluding hydrogens is 134 g/mol. The lowest BCUT2D eigenvalue weighted by Crippen LogP contribution is -2.37. The van der Waals surface area contributed by atoms with E-state index in [0.717, 1.165) is 12.8 Å². The Labute approximate surface area is 70.7 Å². The highest BCUT2D eigenvalue weighted by Crippen LogP contribution is 2.17. The molecule has 0 aromatic rings. The SMILES string of the molecule is CC=CC(N)(CCC)CCC. The second kappa shape index (κ2) is 5.36. The van der Waals surface area contributed by atoms with Crippen LogP contribution in [0.25, 0.3) is 0 Å². The summed E-state index contributed by atoms with van der Waals surface area (Å²) in [4.78, 5) is 0. The minimum Gasteiger partial charge on any atom is -0.322 e. The number of rotatable bonds is 5. The maximum Gasteiger partial charge on any atom is 0.0338 e. The first-order chi connectivity index (χ1) is 5.18. The van der Waals surface area contributed by atoms with Crippen molar-refractivity contribution in [1.82, 2.24) is 0 Å². The molecule has 1 heteroatoms. The molecule has 0 saturated heterocycles. The van der Waals surface area contributed by atoms with Gasteiger partial charge < -0.3 is 5.73 Å². The van der Waals surface area contributed by atoms with E-state index in [1.54, 1.807) is 0 Å². The Kier molecular flexibility index (Phi) is 5.22. The van der Waals surface area contributed by atoms with Crippen molar-refractivity contribution < 1.29 is 0 Å². The third-order valence-corrected chi connectivity index (χ3v) is 1.93. The largest absolute Gasteiger partial charge is 0.322 e. The van der Waals surface area contributed by atoms with Crippen molar-refractivity contribution in [3.63, 3.8) is 0 Å². The van der Waals surface area contributed by atoms with Crippen molar-refractivity contribution in [2.75, 3.05) is 0 Å². The molecule has 0 saturated carbocycles. The van der Waals surface area contributed by atoms with Crippen LogP contribution in [-0.2, 0) is 0 Å². The Morgan fingerprint density at radius 1 is 1.18 bits per heavy atom. The van der Waals surface area contributed by atoms with E-state index >= 15 is 0 Å². The summed E-state index contributed by atoms with van der Waals surface area (Å²) >= 11 is 0. The summed E-state index contributed by atoms with van der Waals surface area (Å²) < 4.78 is 0. The van der Waals surface area contributed by atoms with Gasteiger partial charge in [0.1, 0.15) is 0 Å². The van der Waals surface area contributed by atoms with E-state index in [0.29, 0.717) is 0 Å². The van der Waals surface area contributed by atoms with Gasteiger partial charge in [-0.3, -0.25) is 0 Å². The van der Waals surface area contributed by atoms with E-state index < -0.39 is 0 Å². The quantitative estimate of drug-likeness (QED) is 0.607. The van der Waals surface area contributed by atoms with Crippen LogP contribution in [0.3, 0.4) is 0 Å². The molecule has 0 aliphatic heterocycles. The fourth-order valence-electron chi connectivity index (χ4n) is 1.55. The fraction of sp³-hybridized carbons (Fsp3) is 0.800. The van der Waals surface area contributed by atoms with E-state index in [2.05, 4.69) is 26.0 Å². The molecule has 0 atom stereocenters. The first-order valence-electron chi connectivity index (χ1n) is 4.61. The molecule has 11 heavy (non-hydrogen) atoms. The highest BCUT2D eigenvalue weighted by atomic mass is 14.7. The molecule has 0 aliphatic carbocycles. The molecule has 0 aromatic carbocycles. The van der Waals surface area contributed by atoms with Crippen LogP contribution < -0.4 is 5.73 Å². The Morgan fingerprint density at radius 3 is 1.91 bits per heavy atom. The molecule has 0 unspecified atom stereocenters. The molecule has 1 nitrogen and oxygen atoms in total. The molecule has 0 bridgehead atoms. The van der Waals surface area contributed by atoms with E-state index in [1.165, 1.54) is 12.8 Å². The Bertz CT molecular complexity index is 110. The monoisotopic (exact) mass is 155 g/mol. The molecule has 0 amide bonds. The first-order valence-corrected chi connectivity index (χ1v) is 4.61. The van der Waals surface area contributed by atoms with Gasteiger partial charge >= 0.3 is 0 Å². The van der Waals surface area contributed by atoms with Crippen molar-refractivity contribution in [2.24, 2.45) is 5.73 Å². The summed E-state index contributed by atoms with van der Waals surface area (Å²) in [6.07, 6.45) is 8.74. The smallest absolute Gasteiger partial charge is 0.0338 e. The van der Waals surface area contributed by atoms with Crippen LogP contribution in [0.15, 0.2) is 12.2 Å². The van der Waals surface area contributed by atoms with Crippen molar-refractivity contribution in [2.45, 2.75) is 52.0 Å². The molecule has 0 aromatic heterocycles. The lowest BCUT2D eigenvalue weighted by molar-refractivity contribution is 0.440. The number of hydrogen-bond donors (Lipinski definition) is 1. The van der Waals surface area contributed by atoms with Crippen LogP contribution in [0.1, 0.15) is 46.5 Å². The van der Waals surface area contributed by atoms with Gasteiger partial charge in [0.15, 0.2) is 0 Å².